The van der Waals surface area contributed by atoms with Crippen LogP contribution in [-0.4, -0.2) is 16.9 Å². The van der Waals surface area contributed by atoms with Gasteiger partial charge in [0.2, 0.25) is 0 Å². The molecule has 0 radical (unpaired) electrons. The van der Waals surface area contributed by atoms with Crippen LogP contribution in [0.3, 0.4) is 0 Å². The van der Waals surface area contributed by atoms with Crippen molar-refractivity contribution in [2.45, 2.75) is 45.4 Å². The van der Waals surface area contributed by atoms with Crippen molar-refractivity contribution in [3.05, 3.63) is 35.4 Å². The zero-order valence-electron chi connectivity index (χ0n) is 11.2. The van der Waals surface area contributed by atoms with Gasteiger partial charge >= 0.3 is 5.97 Å². The fourth-order valence-corrected chi connectivity index (χ4v) is 1.68. The molecule has 0 aliphatic carbocycles. The molecule has 0 bridgehead atoms. The normalized spacial score (nSPS) is 11.3. The molecule has 0 fully saturated rings. The molecule has 0 saturated carbocycles. The van der Waals surface area contributed by atoms with Gasteiger partial charge < -0.3 is 5.11 Å². The molecule has 0 spiro atoms. The molecular formula is C15H20O3. The molecule has 1 rings (SSSR count). The number of benzene rings is 1. The largest absolute Gasteiger partial charge is 0.481 e. The van der Waals surface area contributed by atoms with Gasteiger partial charge in [0.15, 0.2) is 5.78 Å². The number of Topliss-reactive ketones (excluding diaryl/α,β-unsaturated/α-hetero) is 1. The van der Waals surface area contributed by atoms with E-state index in [1.165, 1.54) is 5.56 Å². The van der Waals surface area contributed by atoms with Gasteiger partial charge in [-0.05, 0) is 17.4 Å². The van der Waals surface area contributed by atoms with Gasteiger partial charge in [-0.1, -0.05) is 45.0 Å². The van der Waals surface area contributed by atoms with E-state index in [0.717, 1.165) is 6.42 Å². The molecule has 0 unspecified atom stereocenters. The molecule has 0 saturated heterocycles. The number of carboxylic acids is 1. The van der Waals surface area contributed by atoms with Crippen LogP contribution in [0.1, 0.15) is 56.0 Å². The third-order valence-electron chi connectivity index (χ3n) is 3.44. The summed E-state index contributed by atoms with van der Waals surface area (Å²) in [6.45, 7) is 6.45. The first-order valence-electron chi connectivity index (χ1n) is 6.22. The lowest BCUT2D eigenvalue weighted by Gasteiger charge is -2.23. The van der Waals surface area contributed by atoms with Crippen molar-refractivity contribution in [3.63, 3.8) is 0 Å². The topological polar surface area (TPSA) is 54.4 Å². The van der Waals surface area contributed by atoms with E-state index in [1.807, 2.05) is 12.1 Å². The molecule has 3 nitrogen and oxygen atoms in total. The molecule has 3 heteroatoms. The number of ketones is 1. The number of rotatable bonds is 6. The minimum atomic E-state index is -0.938. The molecule has 1 N–H and O–H groups in total. The maximum absolute atomic E-state index is 11.7. The summed E-state index contributed by atoms with van der Waals surface area (Å²) in [5, 5.41) is 8.54. The predicted molar refractivity (Wildman–Crippen MR) is 71.0 cm³/mol. The summed E-state index contributed by atoms with van der Waals surface area (Å²) >= 11 is 0. The second kappa shape index (κ2) is 5.80. The molecular weight excluding hydrogens is 228 g/mol. The summed E-state index contributed by atoms with van der Waals surface area (Å²) < 4.78 is 0. The highest BCUT2D eigenvalue weighted by Gasteiger charge is 2.18. The van der Waals surface area contributed by atoms with Crippen LogP contribution < -0.4 is 0 Å². The van der Waals surface area contributed by atoms with Crippen LogP contribution in [-0.2, 0) is 10.2 Å². The van der Waals surface area contributed by atoms with Crippen LogP contribution in [0.25, 0.3) is 0 Å². The molecule has 0 aliphatic heterocycles. The van der Waals surface area contributed by atoms with Gasteiger partial charge in [0.05, 0.1) is 6.42 Å². The number of carbonyl (C=O) groups excluding carboxylic acids is 1. The molecule has 0 aliphatic rings. The van der Waals surface area contributed by atoms with E-state index in [9.17, 15) is 9.59 Å². The summed E-state index contributed by atoms with van der Waals surface area (Å²) in [6.07, 6.45) is 0.978. The van der Waals surface area contributed by atoms with Gasteiger partial charge in [-0.2, -0.15) is 0 Å². The van der Waals surface area contributed by atoms with Crippen LogP contribution in [0.2, 0.25) is 0 Å². The Morgan fingerprint density at radius 3 is 2.11 bits per heavy atom. The monoisotopic (exact) mass is 248 g/mol. The predicted octanol–water partition coefficient (Wildman–Crippen LogP) is 3.42. The second-order valence-electron chi connectivity index (χ2n) is 5.13. The van der Waals surface area contributed by atoms with Gasteiger partial charge in [-0.3, -0.25) is 9.59 Å². The summed E-state index contributed by atoms with van der Waals surface area (Å²) in [6, 6.07) is 7.49. The number of carbonyl (C=O) groups is 2. The molecule has 0 heterocycles. The van der Waals surface area contributed by atoms with Crippen molar-refractivity contribution in [2.24, 2.45) is 0 Å². The van der Waals surface area contributed by atoms with Crippen molar-refractivity contribution >= 4 is 11.8 Å². The molecule has 0 atom stereocenters. The SMILES string of the molecule is CCC(C)(C)c1ccc(C(=O)CCC(=O)O)cc1. The van der Waals surface area contributed by atoms with Crippen molar-refractivity contribution in [1.29, 1.82) is 0 Å². The Bertz CT molecular complexity index is 430. The average molecular weight is 248 g/mol. The lowest BCUT2D eigenvalue weighted by Crippen LogP contribution is -2.15. The summed E-state index contributed by atoms with van der Waals surface area (Å²) in [4.78, 5) is 22.1. The van der Waals surface area contributed by atoms with Crippen LogP contribution in [0.5, 0.6) is 0 Å². The van der Waals surface area contributed by atoms with Crippen molar-refractivity contribution in [2.75, 3.05) is 0 Å². The zero-order valence-corrected chi connectivity index (χ0v) is 11.2. The first-order chi connectivity index (χ1) is 8.36. The minimum Gasteiger partial charge on any atom is -0.481 e. The van der Waals surface area contributed by atoms with E-state index in [1.54, 1.807) is 12.1 Å². The number of hydrogen-bond acceptors (Lipinski definition) is 2. The van der Waals surface area contributed by atoms with Crippen molar-refractivity contribution in [1.82, 2.24) is 0 Å². The smallest absolute Gasteiger partial charge is 0.303 e. The Morgan fingerprint density at radius 2 is 1.67 bits per heavy atom. The fraction of sp³-hybridized carbons (Fsp3) is 0.467. The van der Waals surface area contributed by atoms with Gasteiger partial charge in [0, 0.05) is 12.0 Å². The number of hydrogen-bond donors (Lipinski definition) is 1. The van der Waals surface area contributed by atoms with Crippen LogP contribution in [0.15, 0.2) is 24.3 Å². The Hall–Kier alpha value is -1.64. The van der Waals surface area contributed by atoms with E-state index in [0.29, 0.717) is 5.56 Å². The molecule has 1 aromatic carbocycles. The van der Waals surface area contributed by atoms with E-state index >= 15 is 0 Å². The van der Waals surface area contributed by atoms with Crippen LogP contribution in [0, 0.1) is 0 Å². The van der Waals surface area contributed by atoms with Gasteiger partial charge in [-0.25, -0.2) is 0 Å². The highest BCUT2D eigenvalue weighted by Crippen LogP contribution is 2.26. The summed E-state index contributed by atoms with van der Waals surface area (Å²) in [5.74, 6) is -1.05. The maximum Gasteiger partial charge on any atom is 0.303 e. The maximum atomic E-state index is 11.7. The average Bonchev–Trinajstić information content (AvgIpc) is 2.36. The van der Waals surface area contributed by atoms with Gasteiger partial charge in [0.1, 0.15) is 0 Å². The molecule has 0 aromatic heterocycles. The molecule has 98 valence electrons. The van der Waals surface area contributed by atoms with Crippen LogP contribution >= 0.6 is 0 Å². The zero-order chi connectivity index (χ0) is 13.8. The lowest BCUT2D eigenvalue weighted by molar-refractivity contribution is -0.136. The Balaban J connectivity index is 2.77. The van der Waals surface area contributed by atoms with E-state index in [4.69, 9.17) is 5.11 Å². The number of aliphatic carboxylic acids is 1. The van der Waals surface area contributed by atoms with Gasteiger partial charge in [0.25, 0.3) is 0 Å². The van der Waals surface area contributed by atoms with Crippen LogP contribution in [0.4, 0.5) is 0 Å². The molecule has 0 amide bonds. The highest BCUT2D eigenvalue weighted by molar-refractivity contribution is 5.97. The minimum absolute atomic E-state index is 0.0614. The molecule has 1 aromatic rings. The quantitative estimate of drug-likeness (QED) is 0.785. The Labute approximate surface area is 108 Å². The standard InChI is InChI=1S/C15H20O3/c1-4-15(2,3)12-7-5-11(6-8-12)13(16)9-10-14(17)18/h5-8H,4,9-10H2,1-3H3,(H,17,18). The van der Waals surface area contributed by atoms with Crippen molar-refractivity contribution in [3.8, 4) is 0 Å². The Morgan fingerprint density at radius 1 is 1.11 bits per heavy atom. The molecule has 18 heavy (non-hydrogen) atoms. The third kappa shape index (κ3) is 3.69. The summed E-state index contributed by atoms with van der Waals surface area (Å²) in [5.41, 5.74) is 1.88. The van der Waals surface area contributed by atoms with Crippen molar-refractivity contribution < 1.29 is 14.7 Å². The van der Waals surface area contributed by atoms with E-state index in [2.05, 4.69) is 20.8 Å². The van der Waals surface area contributed by atoms with E-state index in [-0.39, 0.29) is 24.0 Å². The lowest BCUT2D eigenvalue weighted by atomic mass is 9.82. The first kappa shape index (κ1) is 14.4. The van der Waals surface area contributed by atoms with E-state index < -0.39 is 5.97 Å². The Kier molecular flexibility index (Phi) is 4.65. The fourth-order valence-electron chi connectivity index (χ4n) is 1.68. The second-order valence-corrected chi connectivity index (χ2v) is 5.13. The summed E-state index contributed by atoms with van der Waals surface area (Å²) in [7, 11) is 0. The highest BCUT2D eigenvalue weighted by atomic mass is 16.4. The first-order valence-corrected chi connectivity index (χ1v) is 6.22. The third-order valence-corrected chi connectivity index (χ3v) is 3.44. The van der Waals surface area contributed by atoms with Gasteiger partial charge in [-0.15, -0.1) is 0 Å². The number of carboxylic acid groups (broad SMARTS) is 1.